The molecule has 0 aromatic heterocycles. The Morgan fingerprint density at radius 1 is 1.32 bits per heavy atom. The molecule has 0 aliphatic rings. The molecule has 2 N–H and O–H groups in total. The van der Waals surface area contributed by atoms with Gasteiger partial charge in [-0.1, -0.05) is 29.8 Å². The standard InChI is InChI=1S/C15H24N2O2/c1-12-5-7-13(8-6-12)9-16-14(19)10-17(4)15(2,3)11-18/h5-8,18H,9-11H2,1-4H3,(H,16,19). The molecule has 0 saturated heterocycles. The monoisotopic (exact) mass is 264 g/mol. The fourth-order valence-corrected chi connectivity index (χ4v) is 1.51. The Morgan fingerprint density at radius 2 is 1.89 bits per heavy atom. The van der Waals surface area contributed by atoms with Crippen LogP contribution in [0.15, 0.2) is 24.3 Å². The van der Waals surface area contributed by atoms with Crippen molar-refractivity contribution in [2.75, 3.05) is 20.2 Å². The number of amides is 1. The number of hydrogen-bond acceptors (Lipinski definition) is 3. The molecule has 106 valence electrons. The zero-order valence-corrected chi connectivity index (χ0v) is 12.2. The van der Waals surface area contributed by atoms with Crippen molar-refractivity contribution in [3.8, 4) is 0 Å². The van der Waals surface area contributed by atoms with Crippen LogP contribution < -0.4 is 5.32 Å². The molecule has 0 bridgehead atoms. The molecular weight excluding hydrogens is 240 g/mol. The predicted octanol–water partition coefficient (Wildman–Crippen LogP) is 1.31. The number of rotatable bonds is 6. The molecule has 0 aliphatic heterocycles. The number of aliphatic hydroxyl groups is 1. The molecule has 1 amide bonds. The van der Waals surface area contributed by atoms with Crippen LogP contribution in [0.4, 0.5) is 0 Å². The summed E-state index contributed by atoms with van der Waals surface area (Å²) in [6.07, 6.45) is 0. The summed E-state index contributed by atoms with van der Waals surface area (Å²) in [6.45, 7) is 6.68. The van der Waals surface area contributed by atoms with Gasteiger partial charge in [-0.25, -0.2) is 0 Å². The number of aliphatic hydroxyl groups excluding tert-OH is 1. The summed E-state index contributed by atoms with van der Waals surface area (Å²) in [5, 5.41) is 12.1. The van der Waals surface area contributed by atoms with Crippen molar-refractivity contribution >= 4 is 5.91 Å². The lowest BCUT2D eigenvalue weighted by Gasteiger charge is -2.33. The smallest absolute Gasteiger partial charge is 0.234 e. The highest BCUT2D eigenvalue weighted by atomic mass is 16.3. The van der Waals surface area contributed by atoms with Crippen LogP contribution in [0.1, 0.15) is 25.0 Å². The molecule has 1 rings (SSSR count). The van der Waals surface area contributed by atoms with Gasteiger partial charge in [0.05, 0.1) is 13.2 Å². The van der Waals surface area contributed by atoms with Gasteiger partial charge in [0.1, 0.15) is 0 Å². The van der Waals surface area contributed by atoms with Crippen molar-refractivity contribution < 1.29 is 9.90 Å². The lowest BCUT2D eigenvalue weighted by molar-refractivity contribution is -0.123. The zero-order chi connectivity index (χ0) is 14.5. The van der Waals surface area contributed by atoms with Gasteiger partial charge in [0.2, 0.25) is 5.91 Å². The van der Waals surface area contributed by atoms with Gasteiger partial charge in [-0.2, -0.15) is 0 Å². The van der Waals surface area contributed by atoms with Crippen LogP contribution in [-0.2, 0) is 11.3 Å². The zero-order valence-electron chi connectivity index (χ0n) is 12.2. The summed E-state index contributed by atoms with van der Waals surface area (Å²) < 4.78 is 0. The summed E-state index contributed by atoms with van der Waals surface area (Å²) in [6, 6.07) is 8.08. The molecule has 1 aromatic carbocycles. The lowest BCUT2D eigenvalue weighted by Crippen LogP contribution is -2.48. The number of aryl methyl sites for hydroxylation is 1. The Hall–Kier alpha value is -1.39. The Kier molecular flexibility index (Phi) is 5.51. The van der Waals surface area contributed by atoms with Crippen molar-refractivity contribution in [2.45, 2.75) is 32.9 Å². The molecule has 0 heterocycles. The second-order valence-electron chi connectivity index (χ2n) is 5.59. The van der Waals surface area contributed by atoms with Gasteiger partial charge in [0.25, 0.3) is 0 Å². The van der Waals surface area contributed by atoms with E-state index in [1.54, 1.807) is 0 Å². The van der Waals surface area contributed by atoms with Gasteiger partial charge in [0.15, 0.2) is 0 Å². The minimum atomic E-state index is -0.388. The molecule has 0 atom stereocenters. The average Bonchev–Trinajstić information content (AvgIpc) is 2.38. The Balaban J connectivity index is 2.42. The van der Waals surface area contributed by atoms with Crippen LogP contribution in [0, 0.1) is 6.92 Å². The highest BCUT2D eigenvalue weighted by Crippen LogP contribution is 2.10. The molecule has 0 unspecified atom stereocenters. The Morgan fingerprint density at radius 3 is 2.42 bits per heavy atom. The summed E-state index contributed by atoms with van der Waals surface area (Å²) in [4.78, 5) is 13.7. The van der Waals surface area contributed by atoms with Crippen LogP contribution in [-0.4, -0.2) is 41.7 Å². The highest BCUT2D eigenvalue weighted by molar-refractivity contribution is 5.78. The molecule has 0 fully saturated rings. The number of carbonyl (C=O) groups is 1. The van der Waals surface area contributed by atoms with E-state index in [2.05, 4.69) is 5.32 Å². The molecule has 0 spiro atoms. The van der Waals surface area contributed by atoms with E-state index in [1.165, 1.54) is 5.56 Å². The maximum atomic E-state index is 11.8. The summed E-state index contributed by atoms with van der Waals surface area (Å²) >= 11 is 0. The number of carbonyl (C=O) groups excluding carboxylic acids is 1. The Labute approximate surface area is 115 Å². The van der Waals surface area contributed by atoms with Crippen molar-refractivity contribution in [1.29, 1.82) is 0 Å². The molecule has 4 heteroatoms. The summed E-state index contributed by atoms with van der Waals surface area (Å²) in [5.74, 6) is -0.0374. The van der Waals surface area contributed by atoms with E-state index >= 15 is 0 Å². The number of nitrogens with one attached hydrogen (secondary N) is 1. The second-order valence-corrected chi connectivity index (χ2v) is 5.59. The van der Waals surface area contributed by atoms with E-state index < -0.39 is 0 Å². The van der Waals surface area contributed by atoms with Crippen LogP contribution in [0.25, 0.3) is 0 Å². The fourth-order valence-electron chi connectivity index (χ4n) is 1.51. The minimum absolute atomic E-state index is 0.0226. The first kappa shape index (κ1) is 15.7. The van der Waals surface area contributed by atoms with E-state index in [0.717, 1.165) is 5.56 Å². The first-order chi connectivity index (χ1) is 8.85. The van der Waals surface area contributed by atoms with E-state index in [1.807, 2.05) is 57.0 Å². The van der Waals surface area contributed by atoms with E-state index in [0.29, 0.717) is 6.54 Å². The third kappa shape index (κ3) is 5.01. The van der Waals surface area contributed by atoms with Gasteiger partial charge >= 0.3 is 0 Å². The van der Waals surface area contributed by atoms with E-state index in [9.17, 15) is 9.90 Å². The van der Waals surface area contributed by atoms with E-state index in [-0.39, 0.29) is 24.6 Å². The van der Waals surface area contributed by atoms with Crippen molar-refractivity contribution in [2.24, 2.45) is 0 Å². The predicted molar refractivity (Wildman–Crippen MR) is 76.8 cm³/mol. The van der Waals surface area contributed by atoms with Gasteiger partial charge in [-0.15, -0.1) is 0 Å². The first-order valence-corrected chi connectivity index (χ1v) is 6.49. The number of likely N-dealkylation sites (N-methyl/N-ethyl adjacent to an activating group) is 1. The molecule has 1 aromatic rings. The van der Waals surface area contributed by atoms with Crippen molar-refractivity contribution in [1.82, 2.24) is 10.2 Å². The van der Waals surface area contributed by atoms with Gasteiger partial charge in [0, 0.05) is 12.1 Å². The molecule has 0 radical (unpaired) electrons. The highest BCUT2D eigenvalue weighted by Gasteiger charge is 2.23. The topological polar surface area (TPSA) is 52.6 Å². The average molecular weight is 264 g/mol. The third-order valence-electron chi connectivity index (χ3n) is 3.41. The van der Waals surface area contributed by atoms with Crippen LogP contribution in [0.3, 0.4) is 0 Å². The Bertz CT molecular complexity index is 413. The normalized spacial score (nSPS) is 11.7. The van der Waals surface area contributed by atoms with Crippen molar-refractivity contribution in [3.63, 3.8) is 0 Å². The first-order valence-electron chi connectivity index (χ1n) is 6.49. The second kappa shape index (κ2) is 6.68. The molecule has 4 nitrogen and oxygen atoms in total. The van der Waals surface area contributed by atoms with Crippen LogP contribution >= 0.6 is 0 Å². The molecule has 19 heavy (non-hydrogen) atoms. The number of benzene rings is 1. The number of hydrogen-bond donors (Lipinski definition) is 2. The molecular formula is C15H24N2O2. The van der Waals surface area contributed by atoms with E-state index in [4.69, 9.17) is 0 Å². The van der Waals surface area contributed by atoms with Crippen LogP contribution in [0.2, 0.25) is 0 Å². The largest absolute Gasteiger partial charge is 0.394 e. The van der Waals surface area contributed by atoms with Gasteiger partial charge in [-0.05, 0) is 33.4 Å². The van der Waals surface area contributed by atoms with Gasteiger partial charge in [-0.3, -0.25) is 9.69 Å². The number of nitrogens with zero attached hydrogens (tertiary/aromatic N) is 1. The van der Waals surface area contributed by atoms with Crippen LogP contribution in [0.5, 0.6) is 0 Å². The summed E-state index contributed by atoms with van der Waals surface area (Å²) in [5.41, 5.74) is 1.91. The fraction of sp³-hybridized carbons (Fsp3) is 0.533. The molecule has 0 saturated carbocycles. The SMILES string of the molecule is Cc1ccc(CNC(=O)CN(C)C(C)(C)CO)cc1. The quantitative estimate of drug-likeness (QED) is 0.814. The maximum absolute atomic E-state index is 11.8. The van der Waals surface area contributed by atoms with Gasteiger partial charge < -0.3 is 10.4 Å². The lowest BCUT2D eigenvalue weighted by atomic mass is 10.1. The molecule has 0 aliphatic carbocycles. The maximum Gasteiger partial charge on any atom is 0.234 e. The minimum Gasteiger partial charge on any atom is -0.394 e. The summed E-state index contributed by atoms with van der Waals surface area (Å²) in [7, 11) is 1.83. The van der Waals surface area contributed by atoms with Crippen molar-refractivity contribution in [3.05, 3.63) is 35.4 Å². The third-order valence-corrected chi connectivity index (χ3v) is 3.41.